The molecule has 0 bridgehead atoms. The smallest absolute Gasteiger partial charge is 0.410 e. The monoisotopic (exact) mass is 498 g/mol. The Morgan fingerprint density at radius 1 is 1.17 bits per heavy atom. The van der Waals surface area contributed by atoms with E-state index in [9.17, 15) is 9.59 Å². The van der Waals surface area contributed by atoms with Crippen LogP contribution in [0.4, 0.5) is 4.79 Å². The van der Waals surface area contributed by atoms with Gasteiger partial charge in [0.25, 0.3) is 5.91 Å². The van der Waals surface area contributed by atoms with E-state index in [1.165, 1.54) is 0 Å². The quantitative estimate of drug-likeness (QED) is 0.337. The number of nitrogens with zero attached hydrogens (tertiary/aromatic N) is 1. The van der Waals surface area contributed by atoms with E-state index in [2.05, 4.69) is 15.6 Å². The molecule has 0 aliphatic carbocycles. The third-order valence-corrected chi connectivity index (χ3v) is 6.42. The van der Waals surface area contributed by atoms with Gasteiger partial charge in [-0.05, 0) is 67.8 Å². The van der Waals surface area contributed by atoms with Crippen LogP contribution < -0.4 is 10.6 Å². The average molecular weight is 499 g/mol. The minimum absolute atomic E-state index is 0.0983. The number of benzene rings is 2. The maximum absolute atomic E-state index is 12.8. The molecule has 2 amide bonds. The Balaban J connectivity index is 1.57. The van der Waals surface area contributed by atoms with E-state index >= 15 is 0 Å². The molecule has 0 radical (unpaired) electrons. The van der Waals surface area contributed by atoms with Crippen LogP contribution in [0.15, 0.2) is 42.5 Å². The Kier molecular flexibility index (Phi) is 8.28. The van der Waals surface area contributed by atoms with Gasteiger partial charge in [-0.1, -0.05) is 23.7 Å². The van der Waals surface area contributed by atoms with Crippen LogP contribution in [0.1, 0.15) is 46.6 Å². The molecular formula is C26H31ClN4O4. The fraction of sp³-hybridized carbons (Fsp3) is 0.385. The zero-order valence-electron chi connectivity index (χ0n) is 19.8. The lowest BCUT2D eigenvalue weighted by atomic mass is 9.92. The first-order chi connectivity index (χ1) is 17.0. The summed E-state index contributed by atoms with van der Waals surface area (Å²) >= 11 is 6.26. The molecule has 8 nitrogen and oxygen atoms in total. The number of hydrogen-bond donors (Lipinski definition) is 4. The van der Waals surface area contributed by atoms with Crippen molar-refractivity contribution in [3.63, 3.8) is 0 Å². The van der Waals surface area contributed by atoms with Crippen molar-refractivity contribution in [3.8, 4) is 0 Å². The van der Waals surface area contributed by atoms with Crippen LogP contribution in [-0.2, 0) is 11.2 Å². The highest BCUT2D eigenvalue weighted by Crippen LogP contribution is 2.39. The zero-order chi connectivity index (χ0) is 24.8. The highest BCUT2D eigenvalue weighted by molar-refractivity contribution is 6.31. The summed E-state index contributed by atoms with van der Waals surface area (Å²) in [5.74, 6) is -0.148. The summed E-state index contributed by atoms with van der Waals surface area (Å²) < 4.78 is 5.35. The van der Waals surface area contributed by atoms with Gasteiger partial charge in [0.15, 0.2) is 0 Å². The number of aromatic amines is 1. The molecule has 1 aliphatic rings. The fourth-order valence-electron chi connectivity index (χ4n) is 4.55. The Bertz CT molecular complexity index is 1180. The van der Waals surface area contributed by atoms with Gasteiger partial charge in [0.2, 0.25) is 0 Å². The van der Waals surface area contributed by atoms with Crippen molar-refractivity contribution in [2.24, 2.45) is 0 Å². The summed E-state index contributed by atoms with van der Waals surface area (Å²) in [6.07, 6.45) is 1.10. The minimum Gasteiger partial charge on any atom is -0.450 e. The van der Waals surface area contributed by atoms with Gasteiger partial charge in [-0.2, -0.15) is 0 Å². The second kappa shape index (κ2) is 11.6. The molecule has 9 heteroatoms. The number of halogens is 1. The van der Waals surface area contributed by atoms with Crippen LogP contribution in [0, 0.1) is 0 Å². The summed E-state index contributed by atoms with van der Waals surface area (Å²) in [5, 5.41) is 16.5. The van der Waals surface area contributed by atoms with Crippen LogP contribution >= 0.6 is 11.6 Å². The number of rotatable bonds is 9. The molecule has 1 atom stereocenters. The number of aromatic nitrogens is 1. The fourth-order valence-corrected chi connectivity index (χ4v) is 4.72. The number of nitrogens with one attached hydrogen (secondary N) is 3. The molecule has 1 aliphatic heterocycles. The summed E-state index contributed by atoms with van der Waals surface area (Å²) in [6, 6.07) is 12.7. The Morgan fingerprint density at radius 2 is 1.97 bits per heavy atom. The minimum atomic E-state index is -0.364. The molecule has 4 N–H and O–H groups in total. The maximum Gasteiger partial charge on any atom is 0.410 e. The summed E-state index contributed by atoms with van der Waals surface area (Å²) in [6.45, 7) is 4.52. The van der Waals surface area contributed by atoms with Crippen LogP contribution in [0.25, 0.3) is 10.9 Å². The summed E-state index contributed by atoms with van der Waals surface area (Å²) in [4.78, 5) is 30.6. The van der Waals surface area contributed by atoms with E-state index in [0.29, 0.717) is 43.2 Å². The SMILES string of the molecule is CCOC(=O)N1CCc2c([nH]c3ccc(Cl)cc23)C1c1ccc(C(=O)NCCCNCCO)cc1. The van der Waals surface area contributed by atoms with Crippen LogP contribution in [0.2, 0.25) is 5.02 Å². The first kappa shape index (κ1) is 25.0. The Hall–Kier alpha value is -3.07. The van der Waals surface area contributed by atoms with Crippen molar-refractivity contribution < 1.29 is 19.4 Å². The highest BCUT2D eigenvalue weighted by atomic mass is 35.5. The maximum atomic E-state index is 12.8. The molecule has 4 rings (SSSR count). The van der Waals surface area contributed by atoms with Crippen molar-refractivity contribution in [2.75, 3.05) is 39.4 Å². The van der Waals surface area contributed by atoms with Crippen LogP contribution in [0.3, 0.4) is 0 Å². The van der Waals surface area contributed by atoms with Gasteiger partial charge in [-0.15, -0.1) is 0 Å². The number of aliphatic hydroxyl groups excluding tert-OH is 1. The molecular weight excluding hydrogens is 468 g/mol. The Labute approximate surface area is 209 Å². The highest BCUT2D eigenvalue weighted by Gasteiger charge is 2.35. The van der Waals surface area contributed by atoms with Crippen molar-refractivity contribution in [1.82, 2.24) is 20.5 Å². The molecule has 1 aromatic heterocycles. The van der Waals surface area contributed by atoms with E-state index in [1.807, 2.05) is 30.3 Å². The molecule has 0 spiro atoms. The number of carbonyl (C=O) groups is 2. The Morgan fingerprint density at radius 3 is 2.71 bits per heavy atom. The summed E-state index contributed by atoms with van der Waals surface area (Å²) in [5.41, 5.74) is 4.50. The molecule has 0 saturated heterocycles. The number of amides is 2. The normalized spacial score (nSPS) is 15.2. The van der Waals surface area contributed by atoms with E-state index in [1.54, 1.807) is 24.0 Å². The summed E-state index contributed by atoms with van der Waals surface area (Å²) in [7, 11) is 0. The molecule has 35 heavy (non-hydrogen) atoms. The van der Waals surface area contributed by atoms with Crippen molar-refractivity contribution >= 4 is 34.5 Å². The first-order valence-corrected chi connectivity index (χ1v) is 12.3. The lowest BCUT2D eigenvalue weighted by molar-refractivity contribution is 0.0926. The van der Waals surface area contributed by atoms with Gasteiger partial charge >= 0.3 is 6.09 Å². The van der Waals surface area contributed by atoms with Gasteiger partial charge in [-0.25, -0.2) is 4.79 Å². The van der Waals surface area contributed by atoms with Crippen LogP contribution in [-0.4, -0.2) is 66.4 Å². The van der Waals surface area contributed by atoms with Crippen molar-refractivity contribution in [2.45, 2.75) is 25.8 Å². The first-order valence-electron chi connectivity index (χ1n) is 12.0. The third kappa shape index (κ3) is 5.61. The predicted octanol–water partition coefficient (Wildman–Crippen LogP) is 3.63. The van der Waals surface area contributed by atoms with Gasteiger partial charge in [-0.3, -0.25) is 9.69 Å². The molecule has 2 aromatic carbocycles. The van der Waals surface area contributed by atoms with Gasteiger partial charge < -0.3 is 25.5 Å². The van der Waals surface area contributed by atoms with Crippen LogP contribution in [0.5, 0.6) is 0 Å². The molecule has 1 unspecified atom stereocenters. The molecule has 3 aromatic rings. The van der Waals surface area contributed by atoms with Gasteiger partial charge in [0.05, 0.1) is 13.2 Å². The lowest BCUT2D eigenvalue weighted by Gasteiger charge is -2.35. The largest absolute Gasteiger partial charge is 0.450 e. The van der Waals surface area contributed by atoms with E-state index in [-0.39, 0.29) is 24.6 Å². The predicted molar refractivity (Wildman–Crippen MR) is 136 cm³/mol. The van der Waals surface area contributed by atoms with Gasteiger partial charge in [0, 0.05) is 46.8 Å². The van der Waals surface area contributed by atoms with E-state index < -0.39 is 0 Å². The van der Waals surface area contributed by atoms with Crippen molar-refractivity contribution in [1.29, 1.82) is 0 Å². The molecule has 2 heterocycles. The standard InChI is InChI=1S/C26H31ClN4O4/c1-2-35-26(34)31-14-10-20-21-16-19(27)8-9-22(21)30-23(20)24(31)17-4-6-18(7-5-17)25(33)29-12-3-11-28-13-15-32/h4-9,16,24,28,30,32H,2-3,10-15H2,1H3,(H,29,33). The van der Waals surface area contributed by atoms with E-state index in [0.717, 1.165) is 40.7 Å². The molecule has 0 fully saturated rings. The third-order valence-electron chi connectivity index (χ3n) is 6.18. The number of ether oxygens (including phenoxy) is 1. The second-order valence-electron chi connectivity index (χ2n) is 8.46. The zero-order valence-corrected chi connectivity index (χ0v) is 20.5. The number of H-pyrrole nitrogens is 1. The number of fused-ring (bicyclic) bond motifs is 3. The number of hydrogen-bond acceptors (Lipinski definition) is 5. The average Bonchev–Trinajstić information content (AvgIpc) is 3.23. The molecule has 0 saturated carbocycles. The topological polar surface area (TPSA) is 107 Å². The lowest BCUT2D eigenvalue weighted by Crippen LogP contribution is -2.41. The molecule has 186 valence electrons. The second-order valence-corrected chi connectivity index (χ2v) is 8.89. The van der Waals surface area contributed by atoms with E-state index in [4.69, 9.17) is 21.4 Å². The number of aliphatic hydroxyl groups is 1. The number of carbonyl (C=O) groups excluding carboxylic acids is 2. The van der Waals surface area contributed by atoms with Gasteiger partial charge in [0.1, 0.15) is 6.04 Å². The van der Waals surface area contributed by atoms with Crippen molar-refractivity contribution in [3.05, 3.63) is 69.9 Å².